The molecule has 0 fully saturated rings. The van der Waals surface area contributed by atoms with Crippen LogP contribution >= 0.6 is 0 Å². The molecule has 3 unspecified atom stereocenters. The fourth-order valence-corrected chi connectivity index (χ4v) is 3.67. The van der Waals surface area contributed by atoms with E-state index in [0.29, 0.717) is 38.8 Å². The third-order valence-electron chi connectivity index (χ3n) is 5.60. The summed E-state index contributed by atoms with van der Waals surface area (Å²) in [5.74, 6) is -2.99. The second-order valence-electron chi connectivity index (χ2n) is 8.72. The van der Waals surface area contributed by atoms with Gasteiger partial charge in [0.1, 0.15) is 12.1 Å². The molecule has 0 aliphatic heterocycles. The van der Waals surface area contributed by atoms with Crippen molar-refractivity contribution in [2.24, 2.45) is 17.2 Å². The first kappa shape index (κ1) is 31.5. The zero-order valence-corrected chi connectivity index (χ0v) is 21.2. The SMILES string of the molecule is CC(=O)O.NCCCCC(N)C(=O)NC(Cc1c[nH]c2ccccc12)C(=O)NC(CCCCN)C(=O)O. The number of hydrogen-bond acceptors (Lipinski definition) is 7. The third kappa shape index (κ3) is 11.9. The van der Waals surface area contributed by atoms with Gasteiger partial charge in [0.05, 0.1) is 6.04 Å². The largest absolute Gasteiger partial charge is 0.481 e. The highest BCUT2D eigenvalue weighted by atomic mass is 16.4. The number of para-hydroxylation sites is 1. The Labute approximate surface area is 216 Å². The summed E-state index contributed by atoms with van der Waals surface area (Å²) in [4.78, 5) is 49.6. The topological polar surface area (TPSA) is 227 Å². The van der Waals surface area contributed by atoms with Crippen LogP contribution in [0.5, 0.6) is 0 Å². The number of nitrogens with two attached hydrogens (primary N) is 3. The molecule has 0 saturated carbocycles. The van der Waals surface area contributed by atoms with Crippen LogP contribution in [0.25, 0.3) is 10.9 Å². The van der Waals surface area contributed by atoms with E-state index in [-0.39, 0.29) is 12.8 Å². The summed E-state index contributed by atoms with van der Waals surface area (Å²) in [6.45, 7) is 2.04. The molecular formula is C25H40N6O6. The van der Waals surface area contributed by atoms with Crippen molar-refractivity contribution in [3.05, 3.63) is 36.0 Å². The monoisotopic (exact) mass is 520 g/mol. The van der Waals surface area contributed by atoms with Crippen molar-refractivity contribution >= 4 is 34.7 Å². The van der Waals surface area contributed by atoms with Gasteiger partial charge in [0.2, 0.25) is 11.8 Å². The number of aromatic amines is 1. The number of fused-ring (bicyclic) bond motifs is 1. The zero-order valence-electron chi connectivity index (χ0n) is 21.2. The number of benzene rings is 1. The predicted octanol–water partition coefficient (Wildman–Crippen LogP) is 0.441. The number of carboxylic acids is 2. The standard InChI is InChI=1S/C23H36N6O4.C2H4O2/c24-11-5-3-8-17(26)21(30)29-20(13-15-14-27-18-9-2-1-7-16(15)18)22(31)28-19(23(32)33)10-4-6-12-25;1-2(3)4/h1-2,7,9,14,17,19-20,27H,3-6,8,10-13,24-26H2,(H,28,31)(H,29,30)(H,32,33);1H3,(H,3,4). The minimum Gasteiger partial charge on any atom is -0.481 e. The number of H-pyrrole nitrogens is 1. The molecule has 0 saturated heterocycles. The molecule has 37 heavy (non-hydrogen) atoms. The molecule has 0 aliphatic rings. The van der Waals surface area contributed by atoms with Crippen LogP contribution in [0.1, 0.15) is 51.0 Å². The minimum absolute atomic E-state index is 0.187. The highest BCUT2D eigenvalue weighted by Gasteiger charge is 2.28. The van der Waals surface area contributed by atoms with Crippen LogP contribution in [0.2, 0.25) is 0 Å². The van der Waals surface area contributed by atoms with Gasteiger partial charge in [0.15, 0.2) is 0 Å². The normalized spacial score (nSPS) is 13.1. The average molecular weight is 521 g/mol. The number of aliphatic carboxylic acids is 2. The molecular weight excluding hydrogens is 480 g/mol. The highest BCUT2D eigenvalue weighted by Crippen LogP contribution is 2.19. The van der Waals surface area contributed by atoms with Gasteiger partial charge in [-0.15, -0.1) is 0 Å². The van der Waals surface area contributed by atoms with E-state index in [1.807, 2.05) is 24.3 Å². The van der Waals surface area contributed by atoms with Gasteiger partial charge in [-0.2, -0.15) is 0 Å². The molecule has 0 radical (unpaired) electrons. The van der Waals surface area contributed by atoms with Crippen LogP contribution in [0, 0.1) is 0 Å². The number of carbonyl (C=O) groups excluding carboxylic acids is 2. The molecule has 2 aromatic rings. The van der Waals surface area contributed by atoms with E-state index in [2.05, 4.69) is 15.6 Å². The lowest BCUT2D eigenvalue weighted by Crippen LogP contribution is -2.55. The number of hydrogen-bond donors (Lipinski definition) is 8. The van der Waals surface area contributed by atoms with Gasteiger partial charge in [-0.25, -0.2) is 4.79 Å². The minimum atomic E-state index is -1.13. The van der Waals surface area contributed by atoms with Crippen molar-refractivity contribution in [1.82, 2.24) is 15.6 Å². The van der Waals surface area contributed by atoms with E-state index < -0.39 is 41.9 Å². The lowest BCUT2D eigenvalue weighted by Gasteiger charge is -2.23. The number of rotatable bonds is 15. The summed E-state index contributed by atoms with van der Waals surface area (Å²) in [7, 11) is 0. The summed E-state index contributed by atoms with van der Waals surface area (Å²) in [5, 5.41) is 23.2. The second-order valence-corrected chi connectivity index (χ2v) is 8.72. The van der Waals surface area contributed by atoms with Crippen LogP contribution in [0.4, 0.5) is 0 Å². The van der Waals surface area contributed by atoms with Gasteiger partial charge in [0, 0.05) is 30.4 Å². The Morgan fingerprint density at radius 1 is 0.892 bits per heavy atom. The quantitative estimate of drug-likeness (QED) is 0.152. The van der Waals surface area contributed by atoms with Gasteiger partial charge in [-0.3, -0.25) is 14.4 Å². The van der Waals surface area contributed by atoms with Crippen LogP contribution in [0.3, 0.4) is 0 Å². The van der Waals surface area contributed by atoms with E-state index in [0.717, 1.165) is 29.8 Å². The second kappa shape index (κ2) is 17.1. The van der Waals surface area contributed by atoms with Crippen molar-refractivity contribution in [2.75, 3.05) is 13.1 Å². The summed E-state index contributed by atoms with van der Waals surface area (Å²) in [6.07, 6.45) is 5.36. The van der Waals surface area contributed by atoms with E-state index in [9.17, 15) is 19.5 Å². The number of unbranched alkanes of at least 4 members (excludes halogenated alkanes) is 2. The Morgan fingerprint density at radius 3 is 2.05 bits per heavy atom. The first-order valence-corrected chi connectivity index (χ1v) is 12.3. The molecule has 0 bridgehead atoms. The zero-order chi connectivity index (χ0) is 27.8. The van der Waals surface area contributed by atoms with Crippen molar-refractivity contribution in [3.8, 4) is 0 Å². The van der Waals surface area contributed by atoms with Gasteiger partial charge in [0.25, 0.3) is 5.97 Å². The molecule has 1 heterocycles. The lowest BCUT2D eigenvalue weighted by molar-refractivity contribution is -0.142. The van der Waals surface area contributed by atoms with Crippen molar-refractivity contribution < 1.29 is 29.4 Å². The molecule has 2 rings (SSSR count). The first-order valence-electron chi connectivity index (χ1n) is 12.3. The van der Waals surface area contributed by atoms with Gasteiger partial charge in [-0.1, -0.05) is 24.6 Å². The van der Waals surface area contributed by atoms with Crippen LogP contribution < -0.4 is 27.8 Å². The summed E-state index contributed by atoms with van der Waals surface area (Å²) in [5.41, 5.74) is 18.7. The maximum Gasteiger partial charge on any atom is 0.326 e. The maximum absolute atomic E-state index is 13.1. The molecule has 12 heteroatoms. The Kier molecular flexibility index (Phi) is 14.5. The summed E-state index contributed by atoms with van der Waals surface area (Å²) < 4.78 is 0. The number of aromatic nitrogens is 1. The summed E-state index contributed by atoms with van der Waals surface area (Å²) in [6, 6.07) is 4.79. The number of carbonyl (C=O) groups is 4. The summed E-state index contributed by atoms with van der Waals surface area (Å²) >= 11 is 0. The smallest absolute Gasteiger partial charge is 0.326 e. The molecule has 0 spiro atoms. The number of nitrogens with one attached hydrogen (secondary N) is 3. The van der Waals surface area contributed by atoms with E-state index in [1.165, 1.54) is 0 Å². The molecule has 206 valence electrons. The lowest BCUT2D eigenvalue weighted by atomic mass is 10.0. The average Bonchev–Trinajstić information content (AvgIpc) is 3.25. The van der Waals surface area contributed by atoms with E-state index in [1.54, 1.807) is 6.20 Å². The molecule has 1 aromatic heterocycles. The molecule has 2 amide bonds. The number of carboxylic acid groups (broad SMARTS) is 2. The maximum atomic E-state index is 13.1. The molecule has 0 aliphatic carbocycles. The van der Waals surface area contributed by atoms with Crippen LogP contribution in [-0.4, -0.2) is 70.2 Å². The molecule has 1 aromatic carbocycles. The van der Waals surface area contributed by atoms with E-state index >= 15 is 0 Å². The molecule has 11 N–H and O–H groups in total. The van der Waals surface area contributed by atoms with Gasteiger partial charge < -0.3 is 43.0 Å². The highest BCUT2D eigenvalue weighted by molar-refractivity contribution is 5.92. The fraction of sp³-hybridized carbons (Fsp3) is 0.520. The molecule has 12 nitrogen and oxygen atoms in total. The Bertz CT molecular complexity index is 1010. The predicted molar refractivity (Wildman–Crippen MR) is 141 cm³/mol. The van der Waals surface area contributed by atoms with Crippen LogP contribution in [-0.2, 0) is 25.6 Å². The van der Waals surface area contributed by atoms with E-state index in [4.69, 9.17) is 27.1 Å². The number of amides is 2. The molecule has 3 atom stereocenters. The van der Waals surface area contributed by atoms with Crippen molar-refractivity contribution in [2.45, 2.75) is 70.0 Å². The Hall–Kier alpha value is -3.48. The third-order valence-corrected chi connectivity index (χ3v) is 5.60. The Balaban J connectivity index is 0.00000159. The van der Waals surface area contributed by atoms with Crippen molar-refractivity contribution in [1.29, 1.82) is 0 Å². The van der Waals surface area contributed by atoms with Crippen LogP contribution in [0.15, 0.2) is 30.5 Å². The van der Waals surface area contributed by atoms with Crippen molar-refractivity contribution in [3.63, 3.8) is 0 Å². The fourth-order valence-electron chi connectivity index (χ4n) is 3.67. The van der Waals surface area contributed by atoms with Gasteiger partial charge >= 0.3 is 5.97 Å². The van der Waals surface area contributed by atoms with Gasteiger partial charge in [-0.05, 0) is 56.8 Å². The Morgan fingerprint density at radius 2 is 1.46 bits per heavy atom. The first-order chi connectivity index (χ1) is 17.6.